The molecule has 1 saturated carbocycles. The summed E-state index contributed by atoms with van der Waals surface area (Å²) in [4.78, 5) is 13.9. The summed E-state index contributed by atoms with van der Waals surface area (Å²) in [6.45, 7) is 3.90. The lowest BCUT2D eigenvalue weighted by atomic mass is 9.70. The first kappa shape index (κ1) is 14.7. The molecule has 0 aromatic heterocycles. The van der Waals surface area contributed by atoms with Crippen LogP contribution < -0.4 is 0 Å². The second kappa shape index (κ2) is 6.50. The number of carbonyl (C=O) groups excluding carboxylic acids is 1. The van der Waals surface area contributed by atoms with Crippen molar-refractivity contribution in [3.8, 4) is 6.19 Å². The number of methoxy groups -OCH3 is 1. The average molecular weight is 266 g/mol. The van der Waals surface area contributed by atoms with Crippen LogP contribution in [0.4, 0.5) is 0 Å². The number of nitrogens with zero attached hydrogens (tertiary/aromatic N) is 2. The fourth-order valence-corrected chi connectivity index (χ4v) is 2.76. The number of rotatable bonds is 6. The SMILES string of the molecule is C=C(/C=C\N(C)C#N)SCC1(C(=O)OC)CCC1. The summed E-state index contributed by atoms with van der Waals surface area (Å²) in [6, 6.07) is 0. The van der Waals surface area contributed by atoms with E-state index in [1.165, 1.54) is 23.8 Å². The molecule has 4 nitrogen and oxygen atoms in total. The maximum Gasteiger partial charge on any atom is 0.312 e. The van der Waals surface area contributed by atoms with Crippen LogP contribution in [0.5, 0.6) is 0 Å². The molecule has 18 heavy (non-hydrogen) atoms. The normalized spacial score (nSPS) is 16.7. The maximum atomic E-state index is 11.7. The molecular formula is C13H18N2O2S. The summed E-state index contributed by atoms with van der Waals surface area (Å²) in [6.07, 6.45) is 8.25. The zero-order valence-electron chi connectivity index (χ0n) is 10.8. The van der Waals surface area contributed by atoms with E-state index in [9.17, 15) is 4.79 Å². The standard InChI is InChI=1S/C13H18N2O2S/c1-11(5-8-15(2)10-14)18-9-13(6-4-7-13)12(16)17-3/h5,8H,1,4,6-7,9H2,2-3H3/b8-5-. The largest absolute Gasteiger partial charge is 0.469 e. The highest BCUT2D eigenvalue weighted by Crippen LogP contribution is 2.45. The van der Waals surface area contributed by atoms with Crippen LogP contribution in [0.2, 0.25) is 0 Å². The van der Waals surface area contributed by atoms with Crippen molar-refractivity contribution in [2.75, 3.05) is 19.9 Å². The third-order valence-electron chi connectivity index (χ3n) is 3.10. The summed E-state index contributed by atoms with van der Waals surface area (Å²) in [5.74, 6) is 0.575. The number of carbonyl (C=O) groups is 1. The predicted octanol–water partition coefficient (Wildman–Crippen LogP) is 2.50. The van der Waals surface area contributed by atoms with E-state index >= 15 is 0 Å². The number of hydrogen-bond acceptors (Lipinski definition) is 5. The number of hydrogen-bond donors (Lipinski definition) is 0. The topological polar surface area (TPSA) is 53.3 Å². The number of allylic oxidation sites excluding steroid dienone is 1. The van der Waals surface area contributed by atoms with E-state index in [4.69, 9.17) is 10.00 Å². The van der Waals surface area contributed by atoms with Gasteiger partial charge in [-0.25, -0.2) is 0 Å². The third-order valence-corrected chi connectivity index (χ3v) is 4.31. The molecule has 0 spiro atoms. The van der Waals surface area contributed by atoms with Gasteiger partial charge in [0.05, 0.1) is 12.5 Å². The van der Waals surface area contributed by atoms with Crippen LogP contribution in [0.1, 0.15) is 19.3 Å². The summed E-state index contributed by atoms with van der Waals surface area (Å²) in [7, 11) is 3.10. The van der Waals surface area contributed by atoms with Crippen LogP contribution >= 0.6 is 11.8 Å². The molecule has 5 heteroatoms. The smallest absolute Gasteiger partial charge is 0.312 e. The quantitative estimate of drug-likeness (QED) is 0.320. The van der Waals surface area contributed by atoms with Gasteiger partial charge in [-0.05, 0) is 18.9 Å². The molecule has 0 atom stereocenters. The minimum Gasteiger partial charge on any atom is -0.469 e. The minimum absolute atomic E-state index is 0.118. The van der Waals surface area contributed by atoms with Gasteiger partial charge in [0.1, 0.15) is 0 Å². The lowest BCUT2D eigenvalue weighted by molar-refractivity contribution is -0.156. The molecule has 0 aromatic carbocycles. The molecule has 1 aliphatic carbocycles. The molecule has 98 valence electrons. The molecule has 0 heterocycles. The van der Waals surface area contributed by atoms with Crippen molar-refractivity contribution in [3.05, 3.63) is 23.8 Å². The Bertz CT molecular complexity index is 394. The van der Waals surface area contributed by atoms with Gasteiger partial charge in [-0.3, -0.25) is 9.69 Å². The Morgan fingerprint density at radius 3 is 2.78 bits per heavy atom. The van der Waals surface area contributed by atoms with E-state index in [-0.39, 0.29) is 11.4 Å². The Labute approximate surface area is 112 Å². The van der Waals surface area contributed by atoms with E-state index in [1.807, 2.05) is 6.19 Å². The number of nitriles is 1. The van der Waals surface area contributed by atoms with Gasteiger partial charge in [0.25, 0.3) is 0 Å². The van der Waals surface area contributed by atoms with Crippen LogP contribution in [0.25, 0.3) is 0 Å². The molecule has 1 fully saturated rings. The van der Waals surface area contributed by atoms with Gasteiger partial charge in [0.2, 0.25) is 0 Å². The average Bonchev–Trinajstić information content (AvgIpc) is 2.33. The monoisotopic (exact) mass is 266 g/mol. The maximum absolute atomic E-state index is 11.7. The van der Waals surface area contributed by atoms with Gasteiger partial charge < -0.3 is 4.74 Å². The van der Waals surface area contributed by atoms with E-state index < -0.39 is 0 Å². The Balaban J connectivity index is 2.45. The summed E-state index contributed by atoms with van der Waals surface area (Å²) in [5.41, 5.74) is -0.322. The highest BCUT2D eigenvalue weighted by Gasteiger charge is 2.45. The molecule has 0 bridgehead atoms. The molecule has 0 aliphatic heterocycles. The van der Waals surface area contributed by atoms with Gasteiger partial charge in [-0.1, -0.05) is 13.0 Å². The molecule has 0 radical (unpaired) electrons. The third kappa shape index (κ3) is 3.54. The van der Waals surface area contributed by atoms with Crippen molar-refractivity contribution in [1.29, 1.82) is 5.26 Å². The number of ether oxygens (including phenoxy) is 1. The highest BCUT2D eigenvalue weighted by molar-refractivity contribution is 8.03. The van der Waals surface area contributed by atoms with Crippen molar-refractivity contribution in [2.45, 2.75) is 19.3 Å². The van der Waals surface area contributed by atoms with Gasteiger partial charge in [-0.15, -0.1) is 11.8 Å². The van der Waals surface area contributed by atoms with Crippen LogP contribution in [0, 0.1) is 16.9 Å². The first-order valence-corrected chi connectivity index (χ1v) is 6.73. The van der Waals surface area contributed by atoms with Crippen LogP contribution in [-0.2, 0) is 9.53 Å². The van der Waals surface area contributed by atoms with E-state index in [1.54, 1.807) is 19.3 Å². The zero-order chi connectivity index (χ0) is 13.6. The summed E-state index contributed by atoms with van der Waals surface area (Å²) < 4.78 is 4.85. The second-order valence-corrected chi connectivity index (χ2v) is 5.51. The molecule has 0 saturated heterocycles. The van der Waals surface area contributed by atoms with Crippen molar-refractivity contribution < 1.29 is 9.53 Å². The number of esters is 1. The van der Waals surface area contributed by atoms with Crippen molar-refractivity contribution >= 4 is 17.7 Å². The van der Waals surface area contributed by atoms with E-state index in [0.29, 0.717) is 5.75 Å². The molecule has 1 rings (SSSR count). The minimum atomic E-state index is -0.322. The molecule has 0 amide bonds. The first-order valence-electron chi connectivity index (χ1n) is 5.75. The Kier molecular flexibility index (Phi) is 5.29. The fourth-order valence-electron chi connectivity index (χ4n) is 1.73. The summed E-state index contributed by atoms with van der Waals surface area (Å²) in [5, 5.41) is 8.59. The predicted molar refractivity (Wildman–Crippen MR) is 72.4 cm³/mol. The van der Waals surface area contributed by atoms with Crippen molar-refractivity contribution in [2.24, 2.45) is 5.41 Å². The van der Waals surface area contributed by atoms with Crippen molar-refractivity contribution in [3.63, 3.8) is 0 Å². The van der Waals surface area contributed by atoms with E-state index in [2.05, 4.69) is 6.58 Å². The van der Waals surface area contributed by atoms with E-state index in [0.717, 1.165) is 24.2 Å². The Morgan fingerprint density at radius 1 is 1.67 bits per heavy atom. The molecular weight excluding hydrogens is 248 g/mol. The molecule has 1 aliphatic rings. The second-order valence-electron chi connectivity index (χ2n) is 4.41. The summed E-state index contributed by atoms with van der Waals surface area (Å²) >= 11 is 1.54. The van der Waals surface area contributed by atoms with Crippen LogP contribution in [-0.4, -0.2) is 30.8 Å². The van der Waals surface area contributed by atoms with Crippen LogP contribution in [0.3, 0.4) is 0 Å². The number of thioether (sulfide) groups is 1. The van der Waals surface area contributed by atoms with Gasteiger partial charge in [0, 0.05) is 23.9 Å². The van der Waals surface area contributed by atoms with Gasteiger partial charge >= 0.3 is 5.97 Å². The molecule has 0 N–H and O–H groups in total. The molecule has 0 aromatic rings. The van der Waals surface area contributed by atoms with Crippen molar-refractivity contribution in [1.82, 2.24) is 4.90 Å². The Hall–Kier alpha value is -1.41. The Morgan fingerprint density at radius 2 is 2.33 bits per heavy atom. The zero-order valence-corrected chi connectivity index (χ0v) is 11.6. The highest BCUT2D eigenvalue weighted by atomic mass is 32.2. The van der Waals surface area contributed by atoms with Gasteiger partial charge in [0.15, 0.2) is 6.19 Å². The lowest BCUT2D eigenvalue weighted by Crippen LogP contribution is -2.41. The van der Waals surface area contributed by atoms with Crippen LogP contribution in [0.15, 0.2) is 23.8 Å². The fraction of sp³-hybridized carbons (Fsp3) is 0.538. The lowest BCUT2D eigenvalue weighted by Gasteiger charge is -2.38. The first-order chi connectivity index (χ1) is 8.54. The van der Waals surface area contributed by atoms with Gasteiger partial charge in [-0.2, -0.15) is 5.26 Å². The molecule has 0 unspecified atom stereocenters.